The van der Waals surface area contributed by atoms with Gasteiger partial charge in [-0.15, -0.1) is 0 Å². The first-order valence-corrected chi connectivity index (χ1v) is 12.1. The Balaban J connectivity index is 1.32. The van der Waals surface area contributed by atoms with E-state index in [-0.39, 0.29) is 36.6 Å². The summed E-state index contributed by atoms with van der Waals surface area (Å²) in [5.41, 5.74) is 2.14. The Bertz CT molecular complexity index is 1110. The second-order valence-electron chi connectivity index (χ2n) is 9.18. The SMILES string of the molecule is COc1cc(CNC(=O)c2cc(C3=NOC(CC4CCN(C(O)CO)CC4)C3)nc(C)n2)ccc1F. The molecule has 1 fully saturated rings. The van der Waals surface area contributed by atoms with Gasteiger partial charge in [0.2, 0.25) is 0 Å². The van der Waals surface area contributed by atoms with E-state index in [0.717, 1.165) is 32.4 Å². The third-order valence-electron chi connectivity index (χ3n) is 6.60. The minimum absolute atomic E-state index is 0.0691. The van der Waals surface area contributed by atoms with Crippen LogP contribution in [0.4, 0.5) is 4.39 Å². The molecule has 2 atom stereocenters. The maximum atomic E-state index is 13.6. The molecule has 0 radical (unpaired) electrons. The van der Waals surface area contributed by atoms with E-state index < -0.39 is 12.0 Å². The van der Waals surface area contributed by atoms with Gasteiger partial charge in [0, 0.05) is 26.1 Å². The van der Waals surface area contributed by atoms with Crippen LogP contribution in [0, 0.1) is 18.7 Å². The van der Waals surface area contributed by atoms with Crippen LogP contribution >= 0.6 is 0 Å². The molecule has 0 spiro atoms. The zero-order valence-corrected chi connectivity index (χ0v) is 20.5. The number of nitrogens with one attached hydrogen (secondary N) is 1. The molecule has 36 heavy (non-hydrogen) atoms. The van der Waals surface area contributed by atoms with E-state index in [1.54, 1.807) is 19.1 Å². The summed E-state index contributed by atoms with van der Waals surface area (Å²) in [4.78, 5) is 29.0. The van der Waals surface area contributed by atoms with Gasteiger partial charge in [-0.1, -0.05) is 11.2 Å². The Morgan fingerprint density at radius 1 is 1.31 bits per heavy atom. The number of ether oxygens (including phenoxy) is 1. The molecule has 1 aromatic heterocycles. The fourth-order valence-electron chi connectivity index (χ4n) is 4.60. The van der Waals surface area contributed by atoms with E-state index >= 15 is 0 Å². The van der Waals surface area contributed by atoms with Crippen molar-refractivity contribution in [2.45, 2.75) is 51.5 Å². The van der Waals surface area contributed by atoms with Gasteiger partial charge in [0.05, 0.1) is 19.4 Å². The number of piperidine rings is 1. The number of aromatic nitrogens is 2. The van der Waals surface area contributed by atoms with Crippen LogP contribution in [-0.2, 0) is 11.4 Å². The third-order valence-corrected chi connectivity index (χ3v) is 6.60. The first-order valence-electron chi connectivity index (χ1n) is 12.1. The number of nitrogens with zero attached hydrogens (tertiary/aromatic N) is 4. The summed E-state index contributed by atoms with van der Waals surface area (Å²) in [6.07, 6.45) is 2.41. The second-order valence-corrected chi connectivity index (χ2v) is 9.18. The van der Waals surface area contributed by atoms with Gasteiger partial charge in [0.25, 0.3) is 5.91 Å². The minimum Gasteiger partial charge on any atom is -0.494 e. The van der Waals surface area contributed by atoms with Crippen LogP contribution in [0.5, 0.6) is 5.75 Å². The van der Waals surface area contributed by atoms with Crippen LogP contribution in [-0.4, -0.2) is 75.8 Å². The normalized spacial score (nSPS) is 19.5. The van der Waals surface area contributed by atoms with Crippen molar-refractivity contribution in [1.82, 2.24) is 20.2 Å². The van der Waals surface area contributed by atoms with Crippen molar-refractivity contribution in [3.63, 3.8) is 0 Å². The molecule has 1 amide bonds. The molecule has 3 N–H and O–H groups in total. The molecule has 2 aliphatic rings. The lowest BCUT2D eigenvalue weighted by molar-refractivity contribution is -0.0532. The van der Waals surface area contributed by atoms with Gasteiger partial charge >= 0.3 is 0 Å². The highest BCUT2D eigenvalue weighted by molar-refractivity contribution is 6.01. The highest BCUT2D eigenvalue weighted by Crippen LogP contribution is 2.28. The Hall–Kier alpha value is -3.15. The van der Waals surface area contributed by atoms with Crippen molar-refractivity contribution in [3.05, 3.63) is 52.9 Å². The Kier molecular flexibility index (Phi) is 8.44. The van der Waals surface area contributed by atoms with Gasteiger partial charge in [0.15, 0.2) is 11.6 Å². The van der Waals surface area contributed by atoms with E-state index in [1.165, 1.54) is 19.2 Å². The van der Waals surface area contributed by atoms with Crippen LogP contribution in [0.15, 0.2) is 29.4 Å². The van der Waals surface area contributed by atoms with Crippen LogP contribution < -0.4 is 10.1 Å². The third kappa shape index (κ3) is 6.34. The summed E-state index contributed by atoms with van der Waals surface area (Å²) in [7, 11) is 1.39. The number of aryl methyl sites for hydroxylation is 1. The molecule has 11 heteroatoms. The highest BCUT2D eigenvalue weighted by atomic mass is 19.1. The van der Waals surface area contributed by atoms with Crippen LogP contribution in [0.1, 0.15) is 53.3 Å². The minimum atomic E-state index is -0.797. The molecule has 2 aromatic rings. The first-order chi connectivity index (χ1) is 17.4. The fourth-order valence-corrected chi connectivity index (χ4v) is 4.60. The van der Waals surface area contributed by atoms with E-state index in [1.807, 2.05) is 4.90 Å². The van der Waals surface area contributed by atoms with Gasteiger partial charge in [0.1, 0.15) is 29.6 Å². The number of methoxy groups -OCH3 is 1. The lowest BCUT2D eigenvalue weighted by Gasteiger charge is -2.34. The quantitative estimate of drug-likeness (QED) is 0.474. The van der Waals surface area contributed by atoms with E-state index in [4.69, 9.17) is 14.7 Å². The number of amides is 1. The summed E-state index contributed by atoms with van der Waals surface area (Å²) in [5.74, 6) is 0.168. The lowest BCUT2D eigenvalue weighted by atomic mass is 9.89. The van der Waals surface area contributed by atoms with Gasteiger partial charge in [-0.3, -0.25) is 9.69 Å². The topological polar surface area (TPSA) is 129 Å². The van der Waals surface area contributed by atoms with Crippen molar-refractivity contribution in [2.24, 2.45) is 11.1 Å². The zero-order valence-electron chi connectivity index (χ0n) is 20.5. The molecule has 2 unspecified atom stereocenters. The van der Waals surface area contributed by atoms with Crippen LogP contribution in [0.3, 0.4) is 0 Å². The van der Waals surface area contributed by atoms with Gasteiger partial charge in [-0.2, -0.15) is 0 Å². The summed E-state index contributed by atoms with van der Waals surface area (Å²) >= 11 is 0. The molecule has 194 valence electrons. The largest absolute Gasteiger partial charge is 0.494 e. The van der Waals surface area contributed by atoms with Gasteiger partial charge < -0.3 is 25.1 Å². The zero-order chi connectivity index (χ0) is 25.7. The van der Waals surface area contributed by atoms with Crippen LogP contribution in [0.2, 0.25) is 0 Å². The van der Waals surface area contributed by atoms with Gasteiger partial charge in [-0.25, -0.2) is 14.4 Å². The van der Waals surface area contributed by atoms with Crippen molar-refractivity contribution < 1.29 is 29.0 Å². The number of halogens is 1. The Labute approximate surface area is 209 Å². The summed E-state index contributed by atoms with van der Waals surface area (Å²) in [6, 6.07) is 6.02. The molecule has 3 heterocycles. The summed E-state index contributed by atoms with van der Waals surface area (Å²) in [6.45, 7) is 3.12. The highest BCUT2D eigenvalue weighted by Gasteiger charge is 2.30. The molecule has 0 bridgehead atoms. The maximum Gasteiger partial charge on any atom is 0.270 e. The molecular formula is C25H32FN5O5. The molecular weight excluding hydrogens is 469 g/mol. The number of rotatable bonds is 9. The van der Waals surface area contributed by atoms with Gasteiger partial charge in [-0.05, 0) is 55.9 Å². The number of aliphatic hydroxyl groups excluding tert-OH is 2. The number of hydrogen-bond acceptors (Lipinski definition) is 9. The number of oxime groups is 1. The van der Waals surface area contributed by atoms with E-state index in [9.17, 15) is 14.3 Å². The predicted molar refractivity (Wildman–Crippen MR) is 129 cm³/mol. The molecule has 0 aliphatic carbocycles. The maximum absolute atomic E-state index is 13.6. The average molecular weight is 502 g/mol. The smallest absolute Gasteiger partial charge is 0.270 e. The van der Waals surface area contributed by atoms with Crippen molar-refractivity contribution in [1.29, 1.82) is 0 Å². The average Bonchev–Trinajstić information content (AvgIpc) is 3.36. The molecule has 0 saturated carbocycles. The number of hydrogen-bond donors (Lipinski definition) is 3. The number of aliphatic hydroxyl groups is 2. The van der Waals surface area contributed by atoms with Crippen molar-refractivity contribution >= 4 is 11.6 Å². The Morgan fingerprint density at radius 3 is 2.81 bits per heavy atom. The van der Waals surface area contributed by atoms with E-state index in [2.05, 4.69) is 20.4 Å². The lowest BCUT2D eigenvalue weighted by Crippen LogP contribution is -2.43. The Morgan fingerprint density at radius 2 is 2.08 bits per heavy atom. The fraction of sp³-hybridized carbons (Fsp3) is 0.520. The van der Waals surface area contributed by atoms with Crippen molar-refractivity contribution in [3.8, 4) is 5.75 Å². The monoisotopic (exact) mass is 501 g/mol. The number of likely N-dealkylation sites (tertiary alicyclic amines) is 1. The number of benzene rings is 1. The predicted octanol–water partition coefficient (Wildman–Crippen LogP) is 1.77. The van der Waals surface area contributed by atoms with Crippen LogP contribution in [0.25, 0.3) is 0 Å². The molecule has 4 rings (SSSR count). The number of carbonyl (C=O) groups is 1. The molecule has 1 saturated heterocycles. The second kappa shape index (κ2) is 11.7. The molecule has 2 aliphatic heterocycles. The van der Waals surface area contributed by atoms with Crippen molar-refractivity contribution in [2.75, 3.05) is 26.8 Å². The molecule has 10 nitrogen and oxygen atoms in total. The summed E-state index contributed by atoms with van der Waals surface area (Å²) < 4.78 is 18.6. The first kappa shape index (κ1) is 25.9. The van der Waals surface area contributed by atoms with E-state index in [0.29, 0.717) is 35.1 Å². The summed E-state index contributed by atoms with van der Waals surface area (Å²) in [5, 5.41) is 25.9. The molecule has 1 aromatic carbocycles. The number of carbonyl (C=O) groups excluding carboxylic acids is 1. The standard InChI is InChI=1S/C25H32FN5O5/c1-15-28-20(12-22(29-15)25(34)27-13-17-3-4-19(26)23(10-17)35-2)21-11-18(36-30-21)9-16-5-7-31(8-6-16)24(33)14-32/h3-4,10,12,16,18,24,32-33H,5-9,11,13-14H2,1-2H3,(H,27,34).